The monoisotopic (exact) mass is 296 g/mol. The summed E-state index contributed by atoms with van der Waals surface area (Å²) >= 11 is 1.78. The van der Waals surface area contributed by atoms with Crippen molar-refractivity contribution >= 4 is 17.2 Å². The predicted molar refractivity (Wildman–Crippen MR) is 87.2 cm³/mol. The number of amides is 1. The molecule has 0 bridgehead atoms. The quantitative estimate of drug-likeness (QED) is 0.779. The van der Waals surface area contributed by atoms with Crippen LogP contribution in [0.4, 0.5) is 0 Å². The lowest BCUT2D eigenvalue weighted by molar-refractivity contribution is 0.0995. The molecule has 106 valence electrons. The number of carbonyl (C=O) groups excluding carboxylic acids is 1. The second-order valence-corrected chi connectivity index (χ2v) is 5.37. The Kier molecular flexibility index (Phi) is 5.23. The lowest BCUT2D eigenvalue weighted by Crippen LogP contribution is -2.12. The van der Waals surface area contributed by atoms with E-state index in [1.165, 1.54) is 22.2 Å². The van der Waals surface area contributed by atoms with Gasteiger partial charge in [-0.1, -0.05) is 42.0 Å². The molecule has 4 heteroatoms. The Morgan fingerprint density at radius 2 is 1.81 bits per heavy atom. The molecule has 3 nitrogen and oxygen atoms in total. The molecule has 0 radical (unpaired) electrons. The van der Waals surface area contributed by atoms with Crippen LogP contribution in [0.25, 0.3) is 10.4 Å². The van der Waals surface area contributed by atoms with Gasteiger partial charge in [0.25, 0.3) is 5.91 Å². The zero-order valence-electron chi connectivity index (χ0n) is 11.7. The normalized spacial score (nSPS) is 9.57. The van der Waals surface area contributed by atoms with Crippen molar-refractivity contribution in [2.24, 2.45) is 5.73 Å². The molecule has 0 unspecified atom stereocenters. The van der Waals surface area contributed by atoms with E-state index in [9.17, 15) is 4.79 Å². The van der Waals surface area contributed by atoms with Gasteiger partial charge in [0, 0.05) is 11.1 Å². The molecule has 0 aliphatic rings. The maximum atomic E-state index is 10.4. The van der Waals surface area contributed by atoms with Crippen molar-refractivity contribution in [2.45, 2.75) is 6.92 Å². The van der Waals surface area contributed by atoms with Crippen LogP contribution in [0.2, 0.25) is 0 Å². The van der Waals surface area contributed by atoms with Crippen LogP contribution in [0, 0.1) is 6.92 Å². The molecule has 3 aromatic rings. The minimum absolute atomic E-state index is 0.303. The van der Waals surface area contributed by atoms with E-state index in [-0.39, 0.29) is 0 Å². The van der Waals surface area contributed by atoms with Crippen LogP contribution in [0.5, 0.6) is 0 Å². The molecule has 0 atom stereocenters. The van der Waals surface area contributed by atoms with E-state index in [1.807, 2.05) is 0 Å². The number of aryl methyl sites for hydroxylation is 1. The summed E-state index contributed by atoms with van der Waals surface area (Å²) in [7, 11) is 0. The second-order valence-electron chi connectivity index (χ2n) is 4.42. The highest BCUT2D eigenvalue weighted by Gasteiger charge is 1.96. The minimum atomic E-state index is -0.490. The Balaban J connectivity index is 0.000000161. The maximum Gasteiger partial charge on any atom is 0.267 e. The molecule has 0 saturated carbocycles. The van der Waals surface area contributed by atoms with Crippen LogP contribution in [0.3, 0.4) is 0 Å². The number of nitrogens with two attached hydrogens (primary N) is 1. The number of hydrogen-bond donors (Lipinski definition) is 1. The summed E-state index contributed by atoms with van der Waals surface area (Å²) in [6.07, 6.45) is 1.53. The molecule has 2 heterocycles. The Labute approximate surface area is 128 Å². The third-order valence-electron chi connectivity index (χ3n) is 2.77. The fraction of sp³-hybridized carbons (Fsp3) is 0.0588. The summed E-state index contributed by atoms with van der Waals surface area (Å²) in [6.45, 7) is 2.11. The van der Waals surface area contributed by atoms with E-state index >= 15 is 0 Å². The van der Waals surface area contributed by atoms with Crippen LogP contribution in [-0.4, -0.2) is 10.9 Å². The van der Waals surface area contributed by atoms with Crippen molar-refractivity contribution in [3.05, 3.63) is 77.4 Å². The fourth-order valence-electron chi connectivity index (χ4n) is 1.67. The number of aromatic nitrogens is 1. The lowest BCUT2D eigenvalue weighted by atomic mass is 10.1. The predicted octanol–water partition coefficient (Wildman–Crippen LogP) is 3.90. The lowest BCUT2D eigenvalue weighted by Gasteiger charge is -1.96. The number of rotatable bonds is 2. The highest BCUT2D eigenvalue weighted by Crippen LogP contribution is 2.24. The molecule has 0 spiro atoms. The zero-order valence-corrected chi connectivity index (χ0v) is 12.5. The molecule has 0 fully saturated rings. The second kappa shape index (κ2) is 7.36. The van der Waals surface area contributed by atoms with E-state index < -0.39 is 5.91 Å². The first kappa shape index (κ1) is 14.9. The smallest absolute Gasteiger partial charge is 0.267 e. The van der Waals surface area contributed by atoms with Gasteiger partial charge in [-0.2, -0.15) is 0 Å². The molecule has 2 aromatic heterocycles. The minimum Gasteiger partial charge on any atom is -0.364 e. The van der Waals surface area contributed by atoms with E-state index in [0.29, 0.717) is 5.69 Å². The summed E-state index contributed by atoms with van der Waals surface area (Å²) in [5, 5.41) is 2.11. The van der Waals surface area contributed by atoms with Gasteiger partial charge < -0.3 is 5.73 Å². The Morgan fingerprint density at radius 1 is 1.05 bits per heavy atom. The van der Waals surface area contributed by atoms with E-state index in [4.69, 9.17) is 5.73 Å². The standard InChI is InChI=1S/C11H10S.C6H6N2O/c1-9-4-6-10(7-5-9)11-3-2-8-12-11;7-6(9)5-3-1-2-4-8-5/h2-8H,1H3;1-4H,(H2,7,9). The Bertz CT molecular complexity index is 677. The zero-order chi connectivity index (χ0) is 15.1. The van der Waals surface area contributed by atoms with Crippen LogP contribution < -0.4 is 5.73 Å². The van der Waals surface area contributed by atoms with Gasteiger partial charge in [-0.05, 0) is 36.1 Å². The van der Waals surface area contributed by atoms with Crippen LogP contribution >= 0.6 is 11.3 Å². The van der Waals surface area contributed by atoms with Gasteiger partial charge in [-0.15, -0.1) is 11.3 Å². The van der Waals surface area contributed by atoms with Crippen LogP contribution in [0.15, 0.2) is 66.2 Å². The van der Waals surface area contributed by atoms with Crippen LogP contribution in [-0.2, 0) is 0 Å². The van der Waals surface area contributed by atoms with Crippen molar-refractivity contribution < 1.29 is 4.79 Å². The molecular weight excluding hydrogens is 280 g/mol. The van der Waals surface area contributed by atoms with Crippen molar-refractivity contribution in [2.75, 3.05) is 0 Å². The van der Waals surface area contributed by atoms with Crippen molar-refractivity contribution in [1.29, 1.82) is 0 Å². The van der Waals surface area contributed by atoms with Gasteiger partial charge in [0.15, 0.2) is 0 Å². The molecule has 2 N–H and O–H groups in total. The molecule has 21 heavy (non-hydrogen) atoms. The van der Waals surface area contributed by atoms with Crippen molar-refractivity contribution in [3.8, 4) is 10.4 Å². The number of pyridine rings is 1. The van der Waals surface area contributed by atoms with E-state index in [2.05, 4.69) is 53.7 Å². The molecule has 0 saturated heterocycles. The van der Waals surface area contributed by atoms with Gasteiger partial charge in [0.2, 0.25) is 0 Å². The van der Waals surface area contributed by atoms with Crippen molar-refractivity contribution in [3.63, 3.8) is 0 Å². The van der Waals surface area contributed by atoms with E-state index in [1.54, 1.807) is 29.5 Å². The molecule has 3 rings (SSSR count). The first-order chi connectivity index (χ1) is 10.2. The number of benzene rings is 1. The molecule has 1 aromatic carbocycles. The van der Waals surface area contributed by atoms with E-state index in [0.717, 1.165) is 0 Å². The number of nitrogens with zero attached hydrogens (tertiary/aromatic N) is 1. The number of carbonyl (C=O) groups is 1. The van der Waals surface area contributed by atoms with Crippen LogP contribution in [0.1, 0.15) is 16.1 Å². The summed E-state index contributed by atoms with van der Waals surface area (Å²) in [5.74, 6) is -0.490. The number of thiophene rings is 1. The summed E-state index contributed by atoms with van der Waals surface area (Å²) in [6, 6.07) is 17.9. The molecular formula is C17H16N2OS. The van der Waals surface area contributed by atoms with Gasteiger partial charge in [-0.3, -0.25) is 9.78 Å². The average molecular weight is 296 g/mol. The van der Waals surface area contributed by atoms with Gasteiger partial charge in [0.1, 0.15) is 5.69 Å². The highest BCUT2D eigenvalue weighted by atomic mass is 32.1. The van der Waals surface area contributed by atoms with Crippen molar-refractivity contribution in [1.82, 2.24) is 4.98 Å². The first-order valence-electron chi connectivity index (χ1n) is 6.48. The third kappa shape index (κ3) is 4.54. The van der Waals surface area contributed by atoms with Gasteiger partial charge in [-0.25, -0.2) is 0 Å². The highest BCUT2D eigenvalue weighted by molar-refractivity contribution is 7.13. The number of hydrogen-bond acceptors (Lipinski definition) is 3. The SMILES string of the molecule is Cc1ccc(-c2cccs2)cc1.NC(=O)c1ccccn1. The topological polar surface area (TPSA) is 56.0 Å². The Hall–Kier alpha value is -2.46. The summed E-state index contributed by atoms with van der Waals surface area (Å²) in [4.78, 5) is 15.4. The molecule has 1 amide bonds. The third-order valence-corrected chi connectivity index (χ3v) is 3.69. The summed E-state index contributed by atoms with van der Waals surface area (Å²) in [5.41, 5.74) is 7.85. The first-order valence-corrected chi connectivity index (χ1v) is 7.36. The largest absolute Gasteiger partial charge is 0.364 e. The van der Waals surface area contributed by atoms with Gasteiger partial charge >= 0.3 is 0 Å². The molecule has 0 aliphatic heterocycles. The average Bonchev–Trinajstić information content (AvgIpc) is 3.04. The maximum absolute atomic E-state index is 10.4. The summed E-state index contributed by atoms with van der Waals surface area (Å²) < 4.78 is 0. The number of primary amides is 1. The fourth-order valence-corrected chi connectivity index (χ4v) is 2.40. The Morgan fingerprint density at radius 3 is 2.29 bits per heavy atom. The van der Waals surface area contributed by atoms with Gasteiger partial charge in [0.05, 0.1) is 0 Å². The molecule has 0 aliphatic carbocycles.